The van der Waals surface area contributed by atoms with E-state index in [-0.39, 0.29) is 11.7 Å². The van der Waals surface area contributed by atoms with Gasteiger partial charge in [0.05, 0.1) is 11.1 Å². The number of hydrogen-bond acceptors (Lipinski definition) is 5. The molecule has 1 saturated carbocycles. The lowest BCUT2D eigenvalue weighted by molar-refractivity contribution is -0.385. The summed E-state index contributed by atoms with van der Waals surface area (Å²) in [6, 6.07) is 1.48. The van der Waals surface area contributed by atoms with Crippen LogP contribution in [0.2, 0.25) is 0 Å². The lowest BCUT2D eigenvalue weighted by atomic mass is 9.86. The Bertz CT molecular complexity index is 699. The minimum Gasteiger partial charge on any atom is -0.335 e. The van der Waals surface area contributed by atoms with Crippen molar-refractivity contribution in [2.24, 2.45) is 5.92 Å². The molecule has 1 aliphatic rings. The number of carbonyl (C=O) groups excluding carboxylic acids is 2. The van der Waals surface area contributed by atoms with E-state index in [1.807, 2.05) is 0 Å². The molecule has 2 rings (SSSR count). The van der Waals surface area contributed by atoms with Gasteiger partial charge in [-0.05, 0) is 18.8 Å². The summed E-state index contributed by atoms with van der Waals surface area (Å²) >= 11 is 0. The summed E-state index contributed by atoms with van der Waals surface area (Å²) in [6.07, 6.45) is 5.04. The normalized spacial score (nSPS) is 20.2. The molecule has 0 bridgehead atoms. The number of nitro groups is 1. The highest BCUT2D eigenvalue weighted by Crippen LogP contribution is 2.23. The second-order valence-corrected chi connectivity index (χ2v) is 6.00. The number of imide groups is 1. The van der Waals surface area contributed by atoms with Crippen LogP contribution < -0.4 is 16.2 Å². The summed E-state index contributed by atoms with van der Waals surface area (Å²) in [5.74, 6) is -0.363. The monoisotopic (exact) mass is 336 g/mol. The van der Waals surface area contributed by atoms with Crippen LogP contribution in [0, 0.1) is 16.0 Å². The summed E-state index contributed by atoms with van der Waals surface area (Å²) in [4.78, 5) is 45.4. The van der Waals surface area contributed by atoms with Crippen molar-refractivity contribution >= 4 is 17.6 Å². The van der Waals surface area contributed by atoms with Crippen LogP contribution in [0.3, 0.4) is 0 Å². The Hall–Kier alpha value is -2.71. The molecule has 1 heterocycles. The van der Waals surface area contributed by atoms with Crippen LogP contribution in [0.5, 0.6) is 0 Å². The second kappa shape index (κ2) is 7.71. The summed E-state index contributed by atoms with van der Waals surface area (Å²) in [5.41, 5.74) is -0.861. The SMILES string of the molecule is C[C@H]1CCCC[C@H]1NC(=O)NC(=O)Cn1cc([N+](=O)[O-])ccc1=O. The molecule has 2 N–H and O–H groups in total. The van der Waals surface area contributed by atoms with Crippen LogP contribution in [0.25, 0.3) is 0 Å². The lowest BCUT2D eigenvalue weighted by Gasteiger charge is -2.29. The molecule has 3 amide bonds. The van der Waals surface area contributed by atoms with Gasteiger partial charge in [-0.25, -0.2) is 4.79 Å². The quantitative estimate of drug-likeness (QED) is 0.631. The minimum absolute atomic E-state index is 0.0204. The van der Waals surface area contributed by atoms with Crippen LogP contribution in [-0.2, 0) is 11.3 Å². The van der Waals surface area contributed by atoms with Gasteiger partial charge in [0, 0.05) is 18.2 Å². The summed E-state index contributed by atoms with van der Waals surface area (Å²) in [6.45, 7) is 1.59. The Morgan fingerprint density at radius 1 is 1.33 bits per heavy atom. The molecule has 0 aromatic carbocycles. The molecule has 130 valence electrons. The summed E-state index contributed by atoms with van der Waals surface area (Å²) in [5, 5.41) is 15.6. The maximum atomic E-state index is 11.9. The number of nitrogens with one attached hydrogen (secondary N) is 2. The first-order chi connectivity index (χ1) is 11.4. The third-order valence-electron chi connectivity index (χ3n) is 4.17. The molecular weight excluding hydrogens is 316 g/mol. The lowest BCUT2D eigenvalue weighted by Crippen LogP contribution is -2.48. The Morgan fingerprint density at radius 3 is 2.71 bits per heavy atom. The van der Waals surface area contributed by atoms with Crippen LogP contribution in [-0.4, -0.2) is 27.5 Å². The number of urea groups is 1. The molecule has 1 aromatic rings. The number of carbonyl (C=O) groups is 2. The summed E-state index contributed by atoms with van der Waals surface area (Å²) in [7, 11) is 0. The Labute approximate surface area is 138 Å². The highest BCUT2D eigenvalue weighted by atomic mass is 16.6. The van der Waals surface area contributed by atoms with Gasteiger partial charge in [0.1, 0.15) is 6.54 Å². The third-order valence-corrected chi connectivity index (χ3v) is 4.17. The van der Waals surface area contributed by atoms with Crippen LogP contribution >= 0.6 is 0 Å². The van der Waals surface area contributed by atoms with Crippen molar-refractivity contribution in [3.8, 4) is 0 Å². The van der Waals surface area contributed by atoms with Crippen molar-refractivity contribution in [3.63, 3.8) is 0 Å². The van der Waals surface area contributed by atoms with E-state index in [1.54, 1.807) is 0 Å². The molecule has 0 aliphatic heterocycles. The number of hydrogen-bond donors (Lipinski definition) is 2. The number of aromatic nitrogens is 1. The molecule has 1 aromatic heterocycles. The molecule has 0 spiro atoms. The van der Waals surface area contributed by atoms with Crippen molar-refractivity contribution in [1.29, 1.82) is 0 Å². The van der Waals surface area contributed by atoms with Gasteiger partial charge in [0.15, 0.2) is 0 Å². The van der Waals surface area contributed by atoms with E-state index in [4.69, 9.17) is 0 Å². The van der Waals surface area contributed by atoms with Gasteiger partial charge in [0.2, 0.25) is 5.91 Å². The van der Waals surface area contributed by atoms with E-state index in [0.29, 0.717) is 5.92 Å². The smallest absolute Gasteiger partial charge is 0.321 e. The number of rotatable bonds is 4. The van der Waals surface area contributed by atoms with Gasteiger partial charge in [0.25, 0.3) is 11.2 Å². The average molecular weight is 336 g/mol. The van der Waals surface area contributed by atoms with E-state index < -0.39 is 29.0 Å². The summed E-state index contributed by atoms with van der Waals surface area (Å²) < 4.78 is 0.893. The molecule has 0 radical (unpaired) electrons. The molecule has 1 fully saturated rings. The fourth-order valence-corrected chi connectivity index (χ4v) is 2.81. The maximum Gasteiger partial charge on any atom is 0.321 e. The first-order valence-electron chi connectivity index (χ1n) is 7.82. The number of amides is 3. The van der Waals surface area contributed by atoms with E-state index in [0.717, 1.165) is 48.6 Å². The van der Waals surface area contributed by atoms with Crippen molar-refractivity contribution in [1.82, 2.24) is 15.2 Å². The zero-order valence-corrected chi connectivity index (χ0v) is 13.4. The van der Waals surface area contributed by atoms with Crippen molar-refractivity contribution < 1.29 is 14.5 Å². The largest absolute Gasteiger partial charge is 0.335 e. The molecule has 9 heteroatoms. The highest BCUT2D eigenvalue weighted by molar-refractivity contribution is 5.94. The minimum atomic E-state index is -0.710. The molecule has 24 heavy (non-hydrogen) atoms. The van der Waals surface area contributed by atoms with Crippen LogP contribution in [0.4, 0.5) is 10.5 Å². The Balaban J connectivity index is 1.93. The Morgan fingerprint density at radius 2 is 2.04 bits per heavy atom. The van der Waals surface area contributed by atoms with Crippen LogP contribution in [0.1, 0.15) is 32.6 Å². The number of pyridine rings is 1. The van der Waals surface area contributed by atoms with E-state index >= 15 is 0 Å². The van der Waals surface area contributed by atoms with Gasteiger partial charge >= 0.3 is 6.03 Å². The van der Waals surface area contributed by atoms with Gasteiger partial charge in [-0.1, -0.05) is 19.8 Å². The first kappa shape index (κ1) is 17.6. The van der Waals surface area contributed by atoms with Crippen molar-refractivity contribution in [2.45, 2.75) is 45.2 Å². The van der Waals surface area contributed by atoms with Gasteiger partial charge in [-0.2, -0.15) is 0 Å². The standard InChI is InChI=1S/C15H20N4O5/c1-10-4-2-3-5-12(10)16-15(22)17-13(20)9-18-8-11(19(23)24)6-7-14(18)21/h6-8,10,12H,2-5,9H2,1H3,(H2,16,17,20,22)/t10-,12+/m0/s1. The predicted octanol–water partition coefficient (Wildman–Crippen LogP) is 1.16. The van der Waals surface area contributed by atoms with Crippen molar-refractivity contribution in [2.75, 3.05) is 0 Å². The topological polar surface area (TPSA) is 123 Å². The molecule has 9 nitrogen and oxygen atoms in total. The molecule has 2 atom stereocenters. The average Bonchev–Trinajstić information content (AvgIpc) is 2.51. The zero-order valence-electron chi connectivity index (χ0n) is 13.4. The first-order valence-corrected chi connectivity index (χ1v) is 7.82. The van der Waals surface area contributed by atoms with Gasteiger partial charge < -0.3 is 5.32 Å². The van der Waals surface area contributed by atoms with E-state index in [2.05, 4.69) is 17.6 Å². The zero-order chi connectivity index (χ0) is 17.7. The second-order valence-electron chi connectivity index (χ2n) is 6.00. The van der Waals surface area contributed by atoms with E-state index in [1.165, 1.54) is 0 Å². The van der Waals surface area contributed by atoms with E-state index in [9.17, 15) is 24.5 Å². The Kier molecular flexibility index (Phi) is 5.67. The molecular formula is C15H20N4O5. The fourth-order valence-electron chi connectivity index (χ4n) is 2.81. The van der Waals surface area contributed by atoms with Gasteiger partial charge in [-0.15, -0.1) is 0 Å². The molecule has 1 aliphatic carbocycles. The van der Waals surface area contributed by atoms with Gasteiger partial charge in [-0.3, -0.25) is 29.6 Å². The highest BCUT2D eigenvalue weighted by Gasteiger charge is 2.23. The third kappa shape index (κ3) is 4.64. The van der Waals surface area contributed by atoms with Crippen LogP contribution in [0.15, 0.2) is 23.1 Å². The predicted molar refractivity (Wildman–Crippen MR) is 85.5 cm³/mol. The molecule has 0 saturated heterocycles. The number of nitrogens with zero attached hydrogens (tertiary/aromatic N) is 2. The maximum absolute atomic E-state index is 11.9. The fraction of sp³-hybridized carbons (Fsp3) is 0.533. The van der Waals surface area contributed by atoms with Crippen molar-refractivity contribution in [3.05, 3.63) is 38.8 Å². The molecule has 0 unspecified atom stereocenters.